The number of nitrogens with one attached hydrogen (secondary N) is 2. The van der Waals surface area contributed by atoms with Gasteiger partial charge in [-0.15, -0.1) is 11.3 Å². The van der Waals surface area contributed by atoms with Crippen molar-refractivity contribution in [1.82, 2.24) is 15.3 Å². The van der Waals surface area contributed by atoms with E-state index in [1.54, 1.807) is 24.2 Å². The SMILES string of the molecule is O=C1CCSCC(C(=O)Nc2nc(-c3cccnc3)cs2)N1. The zero-order chi connectivity index (χ0) is 15.4. The molecule has 0 saturated carbocycles. The van der Waals surface area contributed by atoms with Crippen LogP contribution < -0.4 is 10.6 Å². The second-order valence-electron chi connectivity index (χ2n) is 4.71. The maximum Gasteiger partial charge on any atom is 0.249 e. The van der Waals surface area contributed by atoms with E-state index in [-0.39, 0.29) is 11.8 Å². The Morgan fingerprint density at radius 1 is 1.45 bits per heavy atom. The molecule has 1 aliphatic heterocycles. The standard InChI is InChI=1S/C14H14N4O2S2/c19-12-3-5-21-7-11(16-12)13(20)18-14-17-10(8-22-14)9-2-1-4-15-6-9/h1-2,4,6,8,11H,3,5,7H2,(H,16,19)(H,17,18,20). The first-order chi connectivity index (χ1) is 10.7. The molecule has 2 aromatic heterocycles. The van der Waals surface area contributed by atoms with Gasteiger partial charge >= 0.3 is 0 Å². The van der Waals surface area contributed by atoms with Gasteiger partial charge in [0, 0.05) is 41.3 Å². The van der Waals surface area contributed by atoms with Gasteiger partial charge in [0.25, 0.3) is 0 Å². The first-order valence-corrected chi connectivity index (χ1v) is 8.80. The van der Waals surface area contributed by atoms with Crippen molar-refractivity contribution in [2.24, 2.45) is 0 Å². The number of anilines is 1. The number of thioether (sulfide) groups is 1. The summed E-state index contributed by atoms with van der Waals surface area (Å²) in [5, 5.41) is 7.89. The highest BCUT2D eigenvalue weighted by atomic mass is 32.2. The number of carbonyl (C=O) groups excluding carboxylic acids is 2. The molecule has 0 aromatic carbocycles. The van der Waals surface area contributed by atoms with Crippen LogP contribution >= 0.6 is 23.1 Å². The number of carbonyl (C=O) groups is 2. The molecule has 2 aromatic rings. The average Bonchev–Trinajstić information content (AvgIpc) is 2.88. The van der Waals surface area contributed by atoms with Gasteiger partial charge in [0.2, 0.25) is 11.8 Å². The van der Waals surface area contributed by atoms with Crippen LogP contribution in [0.1, 0.15) is 6.42 Å². The second-order valence-corrected chi connectivity index (χ2v) is 6.72. The van der Waals surface area contributed by atoms with Crippen LogP contribution in [0.5, 0.6) is 0 Å². The molecule has 1 aliphatic rings. The fourth-order valence-electron chi connectivity index (χ4n) is 1.99. The number of hydrogen-bond donors (Lipinski definition) is 2. The molecule has 2 amide bonds. The van der Waals surface area contributed by atoms with Crippen LogP contribution in [0.3, 0.4) is 0 Å². The minimum atomic E-state index is -0.509. The van der Waals surface area contributed by atoms with E-state index in [2.05, 4.69) is 20.6 Å². The molecule has 0 aliphatic carbocycles. The molecule has 1 fully saturated rings. The molecular weight excluding hydrogens is 320 g/mol. The molecule has 0 radical (unpaired) electrons. The molecule has 6 nitrogen and oxygen atoms in total. The Kier molecular flexibility index (Phi) is 4.69. The quantitative estimate of drug-likeness (QED) is 0.894. The maximum absolute atomic E-state index is 12.2. The molecule has 1 atom stereocenters. The van der Waals surface area contributed by atoms with E-state index in [9.17, 15) is 9.59 Å². The Hall–Kier alpha value is -1.93. The summed E-state index contributed by atoms with van der Waals surface area (Å²) < 4.78 is 0. The Morgan fingerprint density at radius 3 is 3.18 bits per heavy atom. The molecule has 1 saturated heterocycles. The molecule has 0 spiro atoms. The van der Waals surface area contributed by atoms with E-state index in [0.29, 0.717) is 17.3 Å². The number of nitrogens with zero attached hydrogens (tertiary/aromatic N) is 2. The van der Waals surface area contributed by atoms with Crippen LogP contribution in [0.2, 0.25) is 0 Å². The van der Waals surface area contributed by atoms with E-state index in [4.69, 9.17) is 0 Å². The molecule has 22 heavy (non-hydrogen) atoms. The van der Waals surface area contributed by atoms with Crippen LogP contribution in [0, 0.1) is 0 Å². The molecule has 2 N–H and O–H groups in total. The van der Waals surface area contributed by atoms with E-state index in [0.717, 1.165) is 17.0 Å². The molecule has 3 heterocycles. The minimum absolute atomic E-state index is 0.0830. The summed E-state index contributed by atoms with van der Waals surface area (Å²) in [6.07, 6.45) is 3.88. The highest BCUT2D eigenvalue weighted by Gasteiger charge is 2.24. The van der Waals surface area contributed by atoms with Crippen molar-refractivity contribution in [3.05, 3.63) is 29.9 Å². The van der Waals surface area contributed by atoms with E-state index in [1.807, 2.05) is 17.5 Å². The van der Waals surface area contributed by atoms with Gasteiger partial charge in [-0.3, -0.25) is 14.6 Å². The lowest BCUT2D eigenvalue weighted by Gasteiger charge is -2.13. The van der Waals surface area contributed by atoms with Crippen LogP contribution in [-0.2, 0) is 9.59 Å². The van der Waals surface area contributed by atoms with E-state index < -0.39 is 6.04 Å². The third-order valence-corrected chi connectivity index (χ3v) is 4.92. The van der Waals surface area contributed by atoms with Gasteiger partial charge in [-0.25, -0.2) is 4.98 Å². The molecule has 1 unspecified atom stereocenters. The Balaban J connectivity index is 1.67. The predicted molar refractivity (Wildman–Crippen MR) is 87.8 cm³/mol. The molecule has 8 heteroatoms. The summed E-state index contributed by atoms with van der Waals surface area (Å²) in [6.45, 7) is 0. The van der Waals surface area contributed by atoms with Crippen LogP contribution in [-0.4, -0.2) is 39.3 Å². The van der Waals surface area contributed by atoms with E-state index in [1.165, 1.54) is 11.3 Å². The average molecular weight is 334 g/mol. The number of pyridine rings is 1. The number of rotatable bonds is 3. The lowest BCUT2D eigenvalue weighted by molar-refractivity contribution is -0.125. The van der Waals surface area contributed by atoms with Crippen LogP contribution in [0.15, 0.2) is 29.9 Å². The minimum Gasteiger partial charge on any atom is -0.343 e. The van der Waals surface area contributed by atoms with Crippen molar-refractivity contribution >= 4 is 40.0 Å². The predicted octanol–water partition coefficient (Wildman–Crippen LogP) is 1.77. The van der Waals surface area contributed by atoms with Gasteiger partial charge in [-0.1, -0.05) is 0 Å². The monoisotopic (exact) mass is 334 g/mol. The van der Waals surface area contributed by atoms with Crippen molar-refractivity contribution in [1.29, 1.82) is 0 Å². The number of aromatic nitrogens is 2. The normalized spacial score (nSPS) is 18.4. The van der Waals surface area contributed by atoms with Crippen molar-refractivity contribution < 1.29 is 9.59 Å². The summed E-state index contributed by atoms with van der Waals surface area (Å²) in [4.78, 5) is 32.2. The third kappa shape index (κ3) is 3.63. The summed E-state index contributed by atoms with van der Waals surface area (Å²) in [5.74, 6) is 1.02. The van der Waals surface area contributed by atoms with Gasteiger partial charge in [0.15, 0.2) is 5.13 Å². The molecule has 0 bridgehead atoms. The van der Waals surface area contributed by atoms with Gasteiger partial charge < -0.3 is 10.6 Å². The fraction of sp³-hybridized carbons (Fsp3) is 0.286. The fourth-order valence-corrected chi connectivity index (χ4v) is 3.68. The van der Waals surface area contributed by atoms with Crippen molar-refractivity contribution in [3.8, 4) is 11.3 Å². The number of hydrogen-bond acceptors (Lipinski definition) is 6. The lowest BCUT2D eigenvalue weighted by Crippen LogP contribution is -2.44. The summed E-state index contributed by atoms with van der Waals surface area (Å²) in [7, 11) is 0. The highest BCUT2D eigenvalue weighted by molar-refractivity contribution is 7.99. The van der Waals surface area contributed by atoms with Gasteiger partial charge in [0.05, 0.1) is 5.69 Å². The van der Waals surface area contributed by atoms with E-state index >= 15 is 0 Å². The first kappa shape index (κ1) is 15.0. The van der Waals surface area contributed by atoms with Crippen LogP contribution in [0.25, 0.3) is 11.3 Å². The molecular formula is C14H14N4O2S2. The number of thiazole rings is 1. The maximum atomic E-state index is 12.2. The second kappa shape index (κ2) is 6.89. The zero-order valence-corrected chi connectivity index (χ0v) is 13.2. The van der Waals surface area contributed by atoms with Gasteiger partial charge in [-0.05, 0) is 12.1 Å². The highest BCUT2D eigenvalue weighted by Crippen LogP contribution is 2.24. The van der Waals surface area contributed by atoms with Crippen molar-refractivity contribution in [2.45, 2.75) is 12.5 Å². The van der Waals surface area contributed by atoms with Crippen LogP contribution in [0.4, 0.5) is 5.13 Å². The largest absolute Gasteiger partial charge is 0.343 e. The van der Waals surface area contributed by atoms with Gasteiger partial charge in [-0.2, -0.15) is 11.8 Å². The topological polar surface area (TPSA) is 84.0 Å². The van der Waals surface area contributed by atoms with Gasteiger partial charge in [0.1, 0.15) is 6.04 Å². The lowest BCUT2D eigenvalue weighted by atomic mass is 10.2. The zero-order valence-electron chi connectivity index (χ0n) is 11.6. The molecule has 114 valence electrons. The Labute approximate surface area is 135 Å². The first-order valence-electron chi connectivity index (χ1n) is 6.76. The molecule has 3 rings (SSSR count). The van der Waals surface area contributed by atoms with Crippen molar-refractivity contribution in [3.63, 3.8) is 0 Å². The Bertz CT molecular complexity index is 674. The third-order valence-electron chi connectivity index (χ3n) is 3.10. The smallest absolute Gasteiger partial charge is 0.249 e. The summed E-state index contributed by atoms with van der Waals surface area (Å²) in [6, 6.07) is 3.24. The summed E-state index contributed by atoms with van der Waals surface area (Å²) in [5.41, 5.74) is 1.67. The Morgan fingerprint density at radius 2 is 2.36 bits per heavy atom. The number of amides is 2. The van der Waals surface area contributed by atoms with Crippen molar-refractivity contribution in [2.75, 3.05) is 16.8 Å². The summed E-state index contributed by atoms with van der Waals surface area (Å²) >= 11 is 2.95.